The molecule has 0 saturated heterocycles. The van der Waals surface area contributed by atoms with E-state index in [0.29, 0.717) is 52.1 Å². The van der Waals surface area contributed by atoms with Crippen molar-refractivity contribution < 1.29 is 53.2 Å². The Morgan fingerprint density at radius 2 is 1.05 bits per heavy atom. The maximum atomic E-state index is 14.9. The molecule has 1 aromatic heterocycles. The number of alkyl halides is 10. The molecule has 2 heterocycles. The Balaban J connectivity index is 1.78. The summed E-state index contributed by atoms with van der Waals surface area (Å²) in [4.78, 5) is 5.21. The van der Waals surface area contributed by atoms with Gasteiger partial charge in [-0.1, -0.05) is 164 Å². The maximum Gasteiger partial charge on any atom is 0.598 e. The summed E-state index contributed by atoms with van der Waals surface area (Å²) in [6.45, 7) is 10.8. The summed E-state index contributed by atoms with van der Waals surface area (Å²) in [6.07, 6.45) is -10.3. The number of rotatable bonds is 15. The van der Waals surface area contributed by atoms with E-state index in [1.807, 2.05) is 110 Å². The molecule has 0 aliphatic carbocycles. The first kappa shape index (κ1) is 50.3. The molecular weight excluding hydrogens is 873 g/mol. The number of hydrogen-bond acceptors (Lipinski definition) is 3. The SMILES string of the molecule is CCCCC/C(=C1/N=C(c2ccc(C)cc2)c2ccccc21)c1c(-c2ccc(C(C)(C)C)cc2)cc(-c2ccc(C(C)(C)C)cc2)n1B(OCC(F)(F)C(F)(F)F)OCC(F)(F)C(F)(F)F. The summed E-state index contributed by atoms with van der Waals surface area (Å²) in [7, 11) is -2.71. The Morgan fingerprint density at radius 1 is 0.576 bits per heavy atom. The van der Waals surface area contributed by atoms with Crippen LogP contribution in [-0.4, -0.2) is 54.9 Å². The smallest absolute Gasteiger partial charge is 0.385 e. The van der Waals surface area contributed by atoms with Crippen molar-refractivity contribution in [3.8, 4) is 22.4 Å². The number of nitrogens with zero attached hydrogens (tertiary/aromatic N) is 2. The van der Waals surface area contributed by atoms with E-state index in [4.69, 9.17) is 14.3 Å². The van der Waals surface area contributed by atoms with Crippen LogP contribution in [0.5, 0.6) is 0 Å². The van der Waals surface area contributed by atoms with Gasteiger partial charge in [-0.05, 0) is 58.9 Å². The molecule has 0 amide bonds. The Bertz CT molecular complexity index is 2510. The van der Waals surface area contributed by atoms with Crippen LogP contribution >= 0.6 is 0 Å². The van der Waals surface area contributed by atoms with E-state index in [9.17, 15) is 43.9 Å². The third kappa shape index (κ3) is 10.8. The van der Waals surface area contributed by atoms with E-state index in [0.717, 1.165) is 38.7 Å². The van der Waals surface area contributed by atoms with Crippen LogP contribution in [0, 0.1) is 6.92 Å². The fourth-order valence-corrected chi connectivity index (χ4v) is 7.69. The highest BCUT2D eigenvalue weighted by Gasteiger charge is 2.60. The summed E-state index contributed by atoms with van der Waals surface area (Å²) < 4.78 is 154. The first-order chi connectivity index (χ1) is 30.6. The number of benzene rings is 4. The first-order valence-corrected chi connectivity index (χ1v) is 21.7. The molecule has 15 heteroatoms. The van der Waals surface area contributed by atoms with Gasteiger partial charge in [0.15, 0.2) is 0 Å². The zero-order valence-corrected chi connectivity index (χ0v) is 38.1. The summed E-state index contributed by atoms with van der Waals surface area (Å²) in [6, 6.07) is 30.7. The van der Waals surface area contributed by atoms with Gasteiger partial charge < -0.3 is 13.8 Å². The molecule has 0 saturated carbocycles. The molecule has 66 heavy (non-hydrogen) atoms. The van der Waals surface area contributed by atoms with E-state index < -0.39 is 44.7 Å². The van der Waals surface area contributed by atoms with Crippen molar-refractivity contribution in [3.05, 3.63) is 142 Å². The quantitative estimate of drug-likeness (QED) is 0.0596. The fourth-order valence-electron chi connectivity index (χ4n) is 7.69. The predicted molar refractivity (Wildman–Crippen MR) is 242 cm³/mol. The summed E-state index contributed by atoms with van der Waals surface area (Å²) >= 11 is 0. The van der Waals surface area contributed by atoms with Crippen molar-refractivity contribution in [2.45, 2.75) is 116 Å². The van der Waals surface area contributed by atoms with E-state index in [-0.39, 0.29) is 28.6 Å². The molecule has 0 N–H and O–H groups in total. The van der Waals surface area contributed by atoms with Gasteiger partial charge >= 0.3 is 31.5 Å². The predicted octanol–water partition coefficient (Wildman–Crippen LogP) is 15.3. The highest BCUT2D eigenvalue weighted by molar-refractivity contribution is 6.44. The van der Waals surface area contributed by atoms with Gasteiger partial charge in [-0.3, -0.25) is 0 Å². The Hall–Kier alpha value is -5.15. The molecule has 5 aromatic rings. The monoisotopic (exact) mass is 926 g/mol. The standard InChI is InChI=1S/C51H53BF10N2O2/c1-9-10-11-16-40(44-39-15-13-12-14-38(39)43(63-44)35-19-17-32(2)18-20-35)45-41(33-21-25-36(26-22-33)46(3,4)5)29-42(34-23-27-37(28-24-34)47(6,7)8)64(45)52(65-30-48(53,54)50(57,58)59)66-31-49(55,56)51(60,61)62/h12-15,17-29H,9-11,16,30-31H2,1-8H3/b44-40-. The van der Waals surface area contributed by atoms with E-state index >= 15 is 0 Å². The number of allylic oxidation sites excluding steroid dienone is 1. The lowest BCUT2D eigenvalue weighted by Crippen LogP contribution is -2.48. The Kier molecular flexibility index (Phi) is 14.4. The number of unbranched alkanes of at least 4 members (excludes halogenated alkanes) is 2. The Morgan fingerprint density at radius 3 is 1.52 bits per heavy atom. The van der Waals surface area contributed by atoms with Crippen LogP contribution in [0.15, 0.2) is 108 Å². The second kappa shape index (κ2) is 18.9. The number of aromatic nitrogens is 1. The molecule has 0 bridgehead atoms. The number of halogens is 10. The number of aryl methyl sites for hydroxylation is 1. The van der Waals surface area contributed by atoms with Gasteiger partial charge in [0.2, 0.25) is 0 Å². The van der Waals surface area contributed by atoms with Gasteiger partial charge in [0.1, 0.15) is 13.2 Å². The molecule has 0 unspecified atom stereocenters. The minimum atomic E-state index is -6.18. The summed E-state index contributed by atoms with van der Waals surface area (Å²) in [5, 5.41) is 0. The highest BCUT2D eigenvalue weighted by Crippen LogP contribution is 2.46. The first-order valence-electron chi connectivity index (χ1n) is 21.7. The van der Waals surface area contributed by atoms with Crippen molar-refractivity contribution in [1.29, 1.82) is 0 Å². The second-order valence-corrected chi connectivity index (χ2v) is 18.8. The third-order valence-corrected chi connectivity index (χ3v) is 11.6. The van der Waals surface area contributed by atoms with E-state index in [2.05, 4.69) is 0 Å². The van der Waals surface area contributed by atoms with Crippen molar-refractivity contribution in [2.75, 3.05) is 13.2 Å². The van der Waals surface area contributed by atoms with Crippen LogP contribution in [0.25, 0.3) is 33.7 Å². The van der Waals surface area contributed by atoms with Crippen molar-refractivity contribution in [1.82, 2.24) is 4.48 Å². The van der Waals surface area contributed by atoms with Crippen LogP contribution < -0.4 is 0 Å². The molecule has 1 aliphatic rings. The lowest BCUT2D eigenvalue weighted by atomic mass is 9.85. The molecule has 4 aromatic carbocycles. The zero-order valence-electron chi connectivity index (χ0n) is 38.1. The fraction of sp³-hybridized carbons (Fsp3) is 0.392. The van der Waals surface area contributed by atoms with Gasteiger partial charge in [-0.2, -0.15) is 43.9 Å². The maximum absolute atomic E-state index is 14.9. The molecule has 0 atom stereocenters. The molecule has 1 aliphatic heterocycles. The van der Waals surface area contributed by atoms with Crippen molar-refractivity contribution in [2.24, 2.45) is 4.99 Å². The number of hydrogen-bond donors (Lipinski definition) is 0. The van der Waals surface area contributed by atoms with Crippen LogP contribution in [0.2, 0.25) is 0 Å². The molecular formula is C51H53BF10N2O2. The summed E-state index contributed by atoms with van der Waals surface area (Å²) in [5.74, 6) is -11.1. The van der Waals surface area contributed by atoms with Crippen molar-refractivity contribution in [3.63, 3.8) is 0 Å². The topological polar surface area (TPSA) is 35.8 Å². The molecule has 0 fully saturated rings. The van der Waals surface area contributed by atoms with Crippen molar-refractivity contribution >= 4 is 24.2 Å². The summed E-state index contributed by atoms with van der Waals surface area (Å²) in [5.41, 5.74) is 6.73. The average molecular weight is 927 g/mol. The van der Waals surface area contributed by atoms with Gasteiger partial charge in [0, 0.05) is 39.2 Å². The number of aliphatic imine (C=N–C) groups is 1. The average Bonchev–Trinajstić information content (AvgIpc) is 3.81. The van der Waals surface area contributed by atoms with E-state index in [1.165, 1.54) is 0 Å². The second-order valence-electron chi connectivity index (χ2n) is 18.8. The van der Waals surface area contributed by atoms with Gasteiger partial charge in [0.25, 0.3) is 0 Å². The largest absolute Gasteiger partial charge is 0.598 e. The normalized spacial score (nSPS) is 14.7. The van der Waals surface area contributed by atoms with Gasteiger partial charge in [0.05, 0.1) is 11.4 Å². The zero-order chi connectivity index (χ0) is 48.6. The third-order valence-electron chi connectivity index (χ3n) is 11.6. The highest BCUT2D eigenvalue weighted by atomic mass is 19.4. The molecule has 6 rings (SSSR count). The van der Waals surface area contributed by atoms with Gasteiger partial charge in [-0.25, -0.2) is 4.99 Å². The van der Waals surface area contributed by atoms with E-state index in [1.54, 1.807) is 48.5 Å². The van der Waals surface area contributed by atoms with Gasteiger partial charge in [-0.15, -0.1) is 0 Å². The molecule has 4 nitrogen and oxygen atoms in total. The lowest BCUT2D eigenvalue weighted by Gasteiger charge is -2.28. The van der Waals surface area contributed by atoms with Crippen LogP contribution in [0.3, 0.4) is 0 Å². The molecule has 0 spiro atoms. The number of fused-ring (bicyclic) bond motifs is 1. The van der Waals surface area contributed by atoms with Crippen LogP contribution in [0.1, 0.15) is 113 Å². The van der Waals surface area contributed by atoms with Crippen LogP contribution in [-0.2, 0) is 20.1 Å². The molecule has 352 valence electrons. The minimum absolute atomic E-state index is 0.0126. The lowest BCUT2D eigenvalue weighted by molar-refractivity contribution is -0.295. The Labute approximate surface area is 379 Å². The minimum Gasteiger partial charge on any atom is -0.385 e. The molecule has 0 radical (unpaired) electrons. The van der Waals surface area contributed by atoms with Crippen LogP contribution in [0.4, 0.5) is 43.9 Å².